The molecular weight excluding hydrogens is 473 g/mol. The standard InChI is InChI=1S/C23H22BrCl2NO2/c1-14-4-7-21(15(2)8-14)27-12-16-9-19(24)23(22(10-16)28-3)29-13-17-5-6-18(25)11-20(17)26/h4-11,27H,12-13H2,1-3H3. The molecule has 3 rings (SSSR count). The predicted octanol–water partition coefficient (Wildman–Crippen LogP) is 7.57. The number of aryl methyl sites for hydroxylation is 2. The summed E-state index contributed by atoms with van der Waals surface area (Å²) in [7, 11) is 1.63. The molecule has 152 valence electrons. The first kappa shape index (κ1) is 21.8. The second-order valence-electron chi connectivity index (χ2n) is 6.81. The topological polar surface area (TPSA) is 30.5 Å². The Kier molecular flexibility index (Phi) is 7.33. The lowest BCUT2D eigenvalue weighted by Crippen LogP contribution is -2.04. The number of halogens is 3. The molecule has 3 nitrogen and oxygen atoms in total. The highest BCUT2D eigenvalue weighted by atomic mass is 79.9. The first-order valence-corrected chi connectivity index (χ1v) is 10.7. The maximum absolute atomic E-state index is 6.24. The minimum Gasteiger partial charge on any atom is -0.493 e. The Balaban J connectivity index is 1.74. The van der Waals surface area contributed by atoms with Gasteiger partial charge >= 0.3 is 0 Å². The zero-order valence-corrected chi connectivity index (χ0v) is 19.6. The normalized spacial score (nSPS) is 10.7. The van der Waals surface area contributed by atoms with Gasteiger partial charge < -0.3 is 14.8 Å². The van der Waals surface area contributed by atoms with Crippen molar-refractivity contribution in [1.29, 1.82) is 0 Å². The van der Waals surface area contributed by atoms with Gasteiger partial charge in [-0.15, -0.1) is 0 Å². The smallest absolute Gasteiger partial charge is 0.175 e. The fourth-order valence-electron chi connectivity index (χ4n) is 3.01. The number of nitrogens with one attached hydrogen (secondary N) is 1. The molecule has 3 aromatic carbocycles. The summed E-state index contributed by atoms with van der Waals surface area (Å²) in [5.41, 5.74) is 5.51. The van der Waals surface area contributed by atoms with Crippen molar-refractivity contribution in [3.05, 3.63) is 85.3 Å². The van der Waals surface area contributed by atoms with Crippen LogP contribution in [0.4, 0.5) is 5.69 Å². The lowest BCUT2D eigenvalue weighted by Gasteiger charge is -2.16. The van der Waals surface area contributed by atoms with Gasteiger partial charge in [0, 0.05) is 27.8 Å². The molecule has 0 saturated carbocycles. The van der Waals surface area contributed by atoms with E-state index in [0.29, 0.717) is 34.7 Å². The van der Waals surface area contributed by atoms with Gasteiger partial charge in [0.25, 0.3) is 0 Å². The molecule has 0 atom stereocenters. The third-order valence-electron chi connectivity index (χ3n) is 4.54. The van der Waals surface area contributed by atoms with Gasteiger partial charge in [-0.1, -0.05) is 47.0 Å². The van der Waals surface area contributed by atoms with E-state index < -0.39 is 0 Å². The van der Waals surface area contributed by atoms with Crippen LogP contribution in [0, 0.1) is 13.8 Å². The molecule has 6 heteroatoms. The Morgan fingerprint density at radius 1 is 1.00 bits per heavy atom. The van der Waals surface area contributed by atoms with Crippen LogP contribution in [0.2, 0.25) is 10.0 Å². The molecule has 0 aliphatic carbocycles. The van der Waals surface area contributed by atoms with E-state index in [9.17, 15) is 0 Å². The molecule has 1 N–H and O–H groups in total. The van der Waals surface area contributed by atoms with Crippen LogP contribution in [0.25, 0.3) is 0 Å². The average molecular weight is 495 g/mol. The number of anilines is 1. The molecule has 0 aliphatic rings. The van der Waals surface area contributed by atoms with Gasteiger partial charge in [-0.2, -0.15) is 0 Å². The highest BCUT2D eigenvalue weighted by Crippen LogP contribution is 2.38. The Hall–Kier alpha value is -1.88. The molecule has 0 spiro atoms. The molecule has 3 aromatic rings. The van der Waals surface area contributed by atoms with Crippen LogP contribution in [0.15, 0.2) is 53.0 Å². The summed E-state index contributed by atoms with van der Waals surface area (Å²) in [5.74, 6) is 1.29. The number of methoxy groups -OCH3 is 1. The summed E-state index contributed by atoms with van der Waals surface area (Å²) in [6.45, 7) is 5.17. The van der Waals surface area contributed by atoms with E-state index in [2.05, 4.69) is 53.3 Å². The van der Waals surface area contributed by atoms with Crippen LogP contribution in [0.5, 0.6) is 11.5 Å². The van der Waals surface area contributed by atoms with E-state index in [1.807, 2.05) is 18.2 Å². The Bertz CT molecular complexity index is 1020. The van der Waals surface area contributed by atoms with Crippen molar-refractivity contribution in [2.45, 2.75) is 27.0 Å². The van der Waals surface area contributed by atoms with Crippen LogP contribution >= 0.6 is 39.1 Å². The lowest BCUT2D eigenvalue weighted by molar-refractivity contribution is 0.282. The predicted molar refractivity (Wildman–Crippen MR) is 125 cm³/mol. The zero-order valence-electron chi connectivity index (χ0n) is 16.5. The maximum atomic E-state index is 6.24. The quantitative estimate of drug-likeness (QED) is 0.367. The Labute approximate surface area is 190 Å². The number of rotatable bonds is 7. The van der Waals surface area contributed by atoms with E-state index in [1.165, 1.54) is 11.1 Å². The summed E-state index contributed by atoms with van der Waals surface area (Å²) in [6, 6.07) is 15.7. The highest BCUT2D eigenvalue weighted by Gasteiger charge is 2.13. The average Bonchev–Trinajstić information content (AvgIpc) is 2.67. The molecular formula is C23H22BrCl2NO2. The third-order valence-corrected chi connectivity index (χ3v) is 5.72. The SMILES string of the molecule is COc1cc(CNc2ccc(C)cc2C)cc(Br)c1OCc1ccc(Cl)cc1Cl. The molecule has 0 aromatic heterocycles. The molecule has 29 heavy (non-hydrogen) atoms. The number of benzene rings is 3. The largest absolute Gasteiger partial charge is 0.493 e. The van der Waals surface area contributed by atoms with E-state index >= 15 is 0 Å². The van der Waals surface area contributed by atoms with Crippen molar-refractivity contribution < 1.29 is 9.47 Å². The van der Waals surface area contributed by atoms with E-state index in [4.69, 9.17) is 32.7 Å². The molecule has 0 unspecified atom stereocenters. The molecule has 0 saturated heterocycles. The summed E-state index contributed by atoms with van der Waals surface area (Å²) in [6.07, 6.45) is 0. The Morgan fingerprint density at radius 3 is 2.48 bits per heavy atom. The minimum atomic E-state index is 0.311. The zero-order chi connectivity index (χ0) is 21.0. The van der Waals surface area contributed by atoms with Crippen LogP contribution in [0.3, 0.4) is 0 Å². The second-order valence-corrected chi connectivity index (χ2v) is 8.50. The van der Waals surface area contributed by atoms with E-state index in [1.54, 1.807) is 19.2 Å². The van der Waals surface area contributed by atoms with Crippen LogP contribution < -0.4 is 14.8 Å². The highest BCUT2D eigenvalue weighted by molar-refractivity contribution is 9.10. The van der Waals surface area contributed by atoms with Crippen molar-refractivity contribution in [3.8, 4) is 11.5 Å². The Morgan fingerprint density at radius 2 is 1.79 bits per heavy atom. The number of hydrogen-bond acceptors (Lipinski definition) is 3. The van der Waals surface area contributed by atoms with Crippen molar-refractivity contribution in [1.82, 2.24) is 0 Å². The van der Waals surface area contributed by atoms with Gasteiger partial charge in [-0.3, -0.25) is 0 Å². The van der Waals surface area contributed by atoms with Crippen molar-refractivity contribution >= 4 is 44.8 Å². The molecule has 0 aliphatic heterocycles. The second kappa shape index (κ2) is 9.75. The van der Waals surface area contributed by atoms with Gasteiger partial charge in [0.05, 0.1) is 11.6 Å². The monoisotopic (exact) mass is 493 g/mol. The molecule has 0 bridgehead atoms. The van der Waals surface area contributed by atoms with Crippen LogP contribution in [-0.4, -0.2) is 7.11 Å². The van der Waals surface area contributed by atoms with Crippen molar-refractivity contribution in [3.63, 3.8) is 0 Å². The minimum absolute atomic E-state index is 0.311. The van der Waals surface area contributed by atoms with Gasteiger partial charge in [0.2, 0.25) is 0 Å². The van der Waals surface area contributed by atoms with Crippen molar-refractivity contribution in [2.24, 2.45) is 0 Å². The molecule has 0 radical (unpaired) electrons. The lowest BCUT2D eigenvalue weighted by atomic mass is 10.1. The summed E-state index contributed by atoms with van der Waals surface area (Å²) >= 11 is 15.8. The van der Waals surface area contributed by atoms with Gasteiger partial charge in [-0.05, 0) is 71.2 Å². The van der Waals surface area contributed by atoms with Gasteiger partial charge in [0.1, 0.15) is 6.61 Å². The fourth-order valence-corrected chi connectivity index (χ4v) is 4.08. The first-order valence-electron chi connectivity index (χ1n) is 9.11. The van der Waals surface area contributed by atoms with Crippen molar-refractivity contribution in [2.75, 3.05) is 12.4 Å². The van der Waals surface area contributed by atoms with Gasteiger partial charge in [-0.25, -0.2) is 0 Å². The molecule has 0 amide bonds. The van der Waals surface area contributed by atoms with Crippen LogP contribution in [0.1, 0.15) is 22.3 Å². The molecule has 0 heterocycles. The summed E-state index contributed by atoms with van der Waals surface area (Å²) in [5, 5.41) is 4.64. The number of ether oxygens (including phenoxy) is 2. The summed E-state index contributed by atoms with van der Waals surface area (Å²) < 4.78 is 12.4. The maximum Gasteiger partial charge on any atom is 0.175 e. The number of hydrogen-bond donors (Lipinski definition) is 1. The van der Waals surface area contributed by atoms with E-state index in [-0.39, 0.29) is 0 Å². The summed E-state index contributed by atoms with van der Waals surface area (Å²) in [4.78, 5) is 0. The first-order chi connectivity index (χ1) is 13.9. The third kappa shape index (κ3) is 5.59. The van der Waals surface area contributed by atoms with E-state index in [0.717, 1.165) is 21.3 Å². The fraction of sp³-hybridized carbons (Fsp3) is 0.217. The molecule has 0 fully saturated rings. The van der Waals surface area contributed by atoms with Gasteiger partial charge in [0.15, 0.2) is 11.5 Å². The van der Waals surface area contributed by atoms with Crippen LogP contribution in [-0.2, 0) is 13.2 Å².